The summed E-state index contributed by atoms with van der Waals surface area (Å²) in [6.07, 6.45) is 7.55. The summed E-state index contributed by atoms with van der Waals surface area (Å²) in [6, 6.07) is 3.37. The number of nitrogens with one attached hydrogen (secondary N) is 2. The minimum absolute atomic E-state index is 0.103. The highest BCUT2D eigenvalue weighted by Crippen LogP contribution is 2.22. The minimum Gasteiger partial charge on any atom is -0.480 e. The van der Waals surface area contributed by atoms with Gasteiger partial charge in [-0.1, -0.05) is 11.6 Å². The Bertz CT molecular complexity index is 1070. The summed E-state index contributed by atoms with van der Waals surface area (Å²) in [5.74, 6) is 0.582. The first-order valence-corrected chi connectivity index (χ1v) is 10.6. The number of ether oxygens (including phenoxy) is 1. The summed E-state index contributed by atoms with van der Waals surface area (Å²) in [4.78, 5) is 33.1. The lowest BCUT2D eigenvalue weighted by Gasteiger charge is -2.12. The first kappa shape index (κ1) is 21.5. The third-order valence-electron chi connectivity index (χ3n) is 3.81. The van der Waals surface area contributed by atoms with E-state index < -0.39 is 16.7 Å². The van der Waals surface area contributed by atoms with E-state index in [-0.39, 0.29) is 29.6 Å². The summed E-state index contributed by atoms with van der Waals surface area (Å²) in [6.45, 7) is 0.407. The molecule has 156 valence electrons. The quantitative estimate of drug-likeness (QED) is 0.494. The van der Waals surface area contributed by atoms with Crippen molar-refractivity contribution in [3.63, 3.8) is 0 Å². The molecule has 0 saturated heterocycles. The van der Waals surface area contributed by atoms with Crippen LogP contribution in [0.5, 0.6) is 5.88 Å². The van der Waals surface area contributed by atoms with Crippen molar-refractivity contribution in [2.75, 3.05) is 18.7 Å². The van der Waals surface area contributed by atoms with E-state index in [9.17, 15) is 9.00 Å². The van der Waals surface area contributed by atoms with E-state index in [1.54, 1.807) is 30.7 Å². The van der Waals surface area contributed by atoms with Crippen LogP contribution < -0.4 is 15.4 Å². The van der Waals surface area contributed by atoms with Crippen LogP contribution in [0.2, 0.25) is 5.02 Å². The van der Waals surface area contributed by atoms with Crippen LogP contribution in [-0.4, -0.2) is 48.4 Å². The van der Waals surface area contributed by atoms with E-state index in [4.69, 9.17) is 16.3 Å². The number of pyridine rings is 1. The molecule has 0 spiro atoms. The predicted octanol–water partition coefficient (Wildman–Crippen LogP) is 1.60. The third-order valence-corrected chi connectivity index (χ3v) is 4.79. The number of methoxy groups -OCH3 is 1. The van der Waals surface area contributed by atoms with Gasteiger partial charge in [-0.05, 0) is 17.7 Å². The van der Waals surface area contributed by atoms with Gasteiger partial charge in [-0.2, -0.15) is 0 Å². The standard InChI is InChI=1S/C18H18ClN7O3S/c1-29-17-13(19)6-11(8-24-17)7-22-15-12(9-25-18(26-15)30(2)28)16(27)23-10-14-20-4-3-5-21-14/h3-6,8-9H,7,10H2,1-2H3,(H,23,27)(H,22,25,26). The predicted molar refractivity (Wildman–Crippen MR) is 111 cm³/mol. The van der Waals surface area contributed by atoms with E-state index in [0.29, 0.717) is 16.7 Å². The fraction of sp³-hybridized carbons (Fsp3) is 0.222. The second kappa shape index (κ2) is 10.0. The summed E-state index contributed by atoms with van der Waals surface area (Å²) < 4.78 is 16.8. The molecule has 0 aromatic carbocycles. The van der Waals surface area contributed by atoms with Gasteiger partial charge < -0.3 is 15.4 Å². The van der Waals surface area contributed by atoms with Gasteiger partial charge in [0.2, 0.25) is 11.0 Å². The third kappa shape index (κ3) is 5.45. The van der Waals surface area contributed by atoms with Gasteiger partial charge in [0.15, 0.2) is 0 Å². The molecule has 2 N–H and O–H groups in total. The number of rotatable bonds is 8. The fourth-order valence-corrected chi connectivity index (χ4v) is 3.07. The van der Waals surface area contributed by atoms with Crippen LogP contribution >= 0.6 is 11.6 Å². The van der Waals surface area contributed by atoms with Gasteiger partial charge in [-0.15, -0.1) is 0 Å². The molecule has 0 aliphatic rings. The number of carbonyl (C=O) groups excluding carboxylic acids is 1. The second-order valence-corrected chi connectivity index (χ2v) is 7.59. The summed E-state index contributed by atoms with van der Waals surface area (Å²) in [5, 5.41) is 6.23. The zero-order valence-corrected chi connectivity index (χ0v) is 17.7. The SMILES string of the molecule is COc1ncc(CNc2nc(S(C)=O)ncc2C(=O)NCc2ncccn2)cc1Cl. The zero-order valence-electron chi connectivity index (χ0n) is 16.1. The number of halogens is 1. The van der Waals surface area contributed by atoms with Crippen molar-refractivity contribution in [1.29, 1.82) is 0 Å². The van der Waals surface area contributed by atoms with Crippen LogP contribution in [0, 0.1) is 0 Å². The molecule has 3 rings (SSSR count). The van der Waals surface area contributed by atoms with Gasteiger partial charge in [-0.25, -0.2) is 24.9 Å². The smallest absolute Gasteiger partial charge is 0.256 e. The number of anilines is 1. The number of nitrogens with zero attached hydrogens (tertiary/aromatic N) is 5. The van der Waals surface area contributed by atoms with Crippen molar-refractivity contribution in [2.24, 2.45) is 0 Å². The lowest BCUT2D eigenvalue weighted by molar-refractivity contribution is 0.0949. The molecule has 3 aromatic rings. The monoisotopic (exact) mass is 447 g/mol. The molecule has 3 heterocycles. The molecule has 0 aliphatic carbocycles. The van der Waals surface area contributed by atoms with E-state index >= 15 is 0 Å². The van der Waals surface area contributed by atoms with Gasteiger partial charge >= 0.3 is 0 Å². The molecule has 1 unspecified atom stereocenters. The number of aromatic nitrogens is 5. The normalized spacial score (nSPS) is 11.6. The van der Waals surface area contributed by atoms with Crippen LogP contribution in [0.1, 0.15) is 21.7 Å². The topological polar surface area (TPSA) is 132 Å². The van der Waals surface area contributed by atoms with Crippen LogP contribution in [0.3, 0.4) is 0 Å². The number of carbonyl (C=O) groups is 1. The average Bonchev–Trinajstić information content (AvgIpc) is 2.76. The van der Waals surface area contributed by atoms with Gasteiger partial charge in [0.05, 0.1) is 24.5 Å². The van der Waals surface area contributed by atoms with Crippen molar-refractivity contribution in [3.8, 4) is 5.88 Å². The highest BCUT2D eigenvalue weighted by molar-refractivity contribution is 7.84. The highest BCUT2D eigenvalue weighted by atomic mass is 35.5. The highest BCUT2D eigenvalue weighted by Gasteiger charge is 2.16. The van der Waals surface area contributed by atoms with Crippen LogP contribution in [-0.2, 0) is 23.9 Å². The van der Waals surface area contributed by atoms with E-state index in [1.807, 2.05) is 0 Å². The Morgan fingerprint density at radius 3 is 2.60 bits per heavy atom. The molecular weight excluding hydrogens is 430 g/mol. The van der Waals surface area contributed by atoms with Gasteiger partial charge in [0.1, 0.15) is 22.2 Å². The van der Waals surface area contributed by atoms with Gasteiger partial charge in [-0.3, -0.25) is 9.00 Å². The number of hydrogen-bond donors (Lipinski definition) is 2. The molecule has 12 heteroatoms. The molecular formula is C18H18ClN7O3S. The molecule has 10 nitrogen and oxygen atoms in total. The number of amides is 1. The van der Waals surface area contributed by atoms with Crippen molar-refractivity contribution >= 4 is 34.1 Å². The van der Waals surface area contributed by atoms with E-state index in [0.717, 1.165) is 5.56 Å². The Morgan fingerprint density at radius 1 is 1.17 bits per heavy atom. The first-order valence-electron chi connectivity index (χ1n) is 8.64. The van der Waals surface area contributed by atoms with E-state index in [1.165, 1.54) is 19.6 Å². The molecule has 1 amide bonds. The van der Waals surface area contributed by atoms with Crippen molar-refractivity contribution in [3.05, 3.63) is 58.9 Å². The van der Waals surface area contributed by atoms with Crippen molar-refractivity contribution < 1.29 is 13.7 Å². The molecule has 30 heavy (non-hydrogen) atoms. The second-order valence-electron chi connectivity index (χ2n) is 5.90. The minimum atomic E-state index is -1.41. The Labute approximate surface area is 180 Å². The molecule has 0 bridgehead atoms. The van der Waals surface area contributed by atoms with Crippen molar-refractivity contribution in [2.45, 2.75) is 18.2 Å². The molecule has 0 saturated carbocycles. The summed E-state index contributed by atoms with van der Waals surface area (Å²) in [5.41, 5.74) is 0.926. The summed E-state index contributed by atoms with van der Waals surface area (Å²) >= 11 is 6.10. The average molecular weight is 448 g/mol. The number of hydrogen-bond acceptors (Lipinski definition) is 9. The van der Waals surface area contributed by atoms with Gasteiger partial charge in [0, 0.05) is 37.6 Å². The Kier molecular flexibility index (Phi) is 7.20. The van der Waals surface area contributed by atoms with Crippen LogP contribution in [0.15, 0.2) is 42.1 Å². The molecule has 1 atom stereocenters. The first-order chi connectivity index (χ1) is 14.5. The maximum absolute atomic E-state index is 12.7. The molecule has 0 radical (unpaired) electrons. The lowest BCUT2D eigenvalue weighted by atomic mass is 10.2. The lowest BCUT2D eigenvalue weighted by Crippen LogP contribution is -2.26. The maximum atomic E-state index is 12.7. The molecule has 0 fully saturated rings. The Hall–Kier alpha value is -3.18. The largest absolute Gasteiger partial charge is 0.480 e. The molecule has 0 aliphatic heterocycles. The maximum Gasteiger partial charge on any atom is 0.256 e. The zero-order chi connectivity index (χ0) is 21.5. The Morgan fingerprint density at radius 2 is 1.93 bits per heavy atom. The summed E-state index contributed by atoms with van der Waals surface area (Å²) in [7, 11) is 0.0628. The van der Waals surface area contributed by atoms with Crippen LogP contribution in [0.25, 0.3) is 0 Å². The fourth-order valence-electron chi connectivity index (χ4n) is 2.38. The van der Waals surface area contributed by atoms with Gasteiger partial charge in [0.25, 0.3) is 5.91 Å². The Balaban J connectivity index is 1.78. The van der Waals surface area contributed by atoms with E-state index in [2.05, 4.69) is 35.6 Å². The van der Waals surface area contributed by atoms with Crippen molar-refractivity contribution in [1.82, 2.24) is 30.2 Å². The van der Waals surface area contributed by atoms with Crippen LogP contribution in [0.4, 0.5) is 5.82 Å². The molecule has 3 aromatic heterocycles.